The standard InChI is InChI=1S/C21H27ClN2O2/c1-17(26-21(2,25)16-18-6-4-3-5-7-18)23-12-14-24(15-13-23)20-10-8-19(22)9-11-20/h3-11,17,25H,12-16H2,1-2H3. The predicted octanol–water partition coefficient (Wildman–Crippen LogP) is 3.78. The maximum absolute atomic E-state index is 10.7. The monoisotopic (exact) mass is 374 g/mol. The molecule has 1 saturated heterocycles. The summed E-state index contributed by atoms with van der Waals surface area (Å²) < 4.78 is 5.98. The predicted molar refractivity (Wildman–Crippen MR) is 107 cm³/mol. The molecule has 26 heavy (non-hydrogen) atoms. The lowest BCUT2D eigenvalue weighted by atomic mass is 10.1. The van der Waals surface area contributed by atoms with E-state index in [1.165, 1.54) is 5.69 Å². The van der Waals surface area contributed by atoms with Crippen LogP contribution in [0.3, 0.4) is 0 Å². The minimum atomic E-state index is -1.19. The zero-order chi connectivity index (χ0) is 18.6. The highest BCUT2D eigenvalue weighted by atomic mass is 35.5. The molecule has 0 aromatic heterocycles. The van der Waals surface area contributed by atoms with Gasteiger partial charge in [0.25, 0.3) is 0 Å². The van der Waals surface area contributed by atoms with E-state index in [0.717, 1.165) is 36.8 Å². The first-order valence-electron chi connectivity index (χ1n) is 9.12. The van der Waals surface area contributed by atoms with Crippen molar-refractivity contribution in [3.8, 4) is 0 Å². The summed E-state index contributed by atoms with van der Waals surface area (Å²) in [5.74, 6) is -1.19. The Balaban J connectivity index is 1.51. The van der Waals surface area contributed by atoms with Crippen LogP contribution in [0, 0.1) is 0 Å². The van der Waals surface area contributed by atoms with Crippen molar-refractivity contribution in [2.75, 3.05) is 31.1 Å². The van der Waals surface area contributed by atoms with Gasteiger partial charge in [-0.2, -0.15) is 0 Å². The Morgan fingerprint density at radius 2 is 1.65 bits per heavy atom. The van der Waals surface area contributed by atoms with E-state index < -0.39 is 5.79 Å². The molecule has 1 N–H and O–H groups in total. The second-order valence-corrected chi connectivity index (χ2v) is 7.49. The molecule has 1 aliphatic rings. The molecule has 0 saturated carbocycles. The van der Waals surface area contributed by atoms with E-state index in [9.17, 15) is 5.11 Å². The molecule has 2 atom stereocenters. The Morgan fingerprint density at radius 1 is 1.04 bits per heavy atom. The van der Waals surface area contributed by atoms with Gasteiger partial charge in [0.05, 0.1) is 0 Å². The van der Waals surface area contributed by atoms with Gasteiger partial charge in [0.1, 0.15) is 6.23 Å². The van der Waals surface area contributed by atoms with Crippen LogP contribution in [0.2, 0.25) is 5.02 Å². The van der Waals surface area contributed by atoms with Crippen LogP contribution in [0.25, 0.3) is 0 Å². The van der Waals surface area contributed by atoms with Crippen LogP contribution < -0.4 is 4.90 Å². The van der Waals surface area contributed by atoms with E-state index in [1.807, 2.05) is 49.4 Å². The molecule has 2 unspecified atom stereocenters. The summed E-state index contributed by atoms with van der Waals surface area (Å²) in [4.78, 5) is 4.62. The number of nitrogens with zero attached hydrogens (tertiary/aromatic N) is 2. The van der Waals surface area contributed by atoms with Crippen molar-refractivity contribution in [1.29, 1.82) is 0 Å². The molecule has 0 radical (unpaired) electrons. The van der Waals surface area contributed by atoms with Crippen LogP contribution in [-0.2, 0) is 11.2 Å². The van der Waals surface area contributed by atoms with Crippen LogP contribution >= 0.6 is 11.6 Å². The van der Waals surface area contributed by atoms with Gasteiger partial charge in [-0.3, -0.25) is 4.90 Å². The van der Waals surface area contributed by atoms with Gasteiger partial charge < -0.3 is 14.7 Å². The van der Waals surface area contributed by atoms with E-state index >= 15 is 0 Å². The van der Waals surface area contributed by atoms with E-state index in [2.05, 4.69) is 21.9 Å². The second-order valence-electron chi connectivity index (χ2n) is 7.05. The highest BCUT2D eigenvalue weighted by Gasteiger charge is 2.29. The van der Waals surface area contributed by atoms with Crippen LogP contribution in [0.4, 0.5) is 5.69 Å². The van der Waals surface area contributed by atoms with Crippen molar-refractivity contribution in [1.82, 2.24) is 4.90 Å². The van der Waals surface area contributed by atoms with Gasteiger partial charge in [-0.05, 0) is 43.7 Å². The highest BCUT2D eigenvalue weighted by Crippen LogP contribution is 2.22. The first-order chi connectivity index (χ1) is 12.4. The average Bonchev–Trinajstić information content (AvgIpc) is 2.62. The third-order valence-corrected chi connectivity index (χ3v) is 5.07. The normalized spacial score (nSPS) is 19.2. The summed E-state index contributed by atoms with van der Waals surface area (Å²) in [5.41, 5.74) is 2.26. The van der Waals surface area contributed by atoms with Crippen molar-refractivity contribution in [3.63, 3.8) is 0 Å². The lowest BCUT2D eigenvalue weighted by Crippen LogP contribution is -2.52. The first-order valence-corrected chi connectivity index (χ1v) is 9.49. The van der Waals surface area contributed by atoms with Gasteiger partial charge in [0, 0.05) is 43.3 Å². The molecule has 0 spiro atoms. The molecule has 1 heterocycles. The molecule has 0 bridgehead atoms. The number of aliphatic hydroxyl groups is 1. The summed E-state index contributed by atoms with van der Waals surface area (Å²) in [6.45, 7) is 7.39. The maximum Gasteiger partial charge on any atom is 0.168 e. The van der Waals surface area contributed by atoms with Gasteiger partial charge in [-0.25, -0.2) is 0 Å². The third-order valence-electron chi connectivity index (χ3n) is 4.82. The van der Waals surface area contributed by atoms with Crippen LogP contribution in [-0.4, -0.2) is 48.2 Å². The summed E-state index contributed by atoms with van der Waals surface area (Å²) in [5, 5.41) is 11.4. The van der Waals surface area contributed by atoms with E-state index in [0.29, 0.717) is 6.42 Å². The summed E-state index contributed by atoms with van der Waals surface area (Å²) in [6, 6.07) is 17.9. The van der Waals surface area contributed by atoms with Crippen LogP contribution in [0.15, 0.2) is 54.6 Å². The maximum atomic E-state index is 10.7. The number of rotatable bonds is 6. The van der Waals surface area contributed by atoms with E-state index in [4.69, 9.17) is 16.3 Å². The van der Waals surface area contributed by atoms with Crippen molar-refractivity contribution in [2.24, 2.45) is 0 Å². The molecule has 1 fully saturated rings. The first kappa shape index (κ1) is 19.2. The minimum Gasteiger partial charge on any atom is -0.369 e. The Bertz CT molecular complexity index is 683. The fraction of sp³-hybridized carbons (Fsp3) is 0.429. The second kappa shape index (κ2) is 8.40. The third kappa shape index (κ3) is 5.21. The summed E-state index contributed by atoms with van der Waals surface area (Å²) in [7, 11) is 0. The van der Waals surface area contributed by atoms with Crippen molar-refractivity contribution < 1.29 is 9.84 Å². The molecule has 0 aliphatic carbocycles. The quantitative estimate of drug-likeness (QED) is 0.781. The van der Waals surface area contributed by atoms with E-state index in [1.54, 1.807) is 6.92 Å². The zero-order valence-corrected chi connectivity index (χ0v) is 16.2. The number of hydrogen-bond donors (Lipinski definition) is 1. The fourth-order valence-electron chi connectivity index (χ4n) is 3.45. The zero-order valence-electron chi connectivity index (χ0n) is 15.4. The number of hydrogen-bond acceptors (Lipinski definition) is 4. The topological polar surface area (TPSA) is 35.9 Å². The molecule has 2 aromatic carbocycles. The molecule has 4 nitrogen and oxygen atoms in total. The summed E-state index contributed by atoms with van der Waals surface area (Å²) >= 11 is 5.97. The molecular formula is C21H27ClN2O2. The van der Waals surface area contributed by atoms with Crippen molar-refractivity contribution in [3.05, 3.63) is 65.2 Å². The molecule has 0 amide bonds. The molecule has 5 heteroatoms. The lowest BCUT2D eigenvalue weighted by molar-refractivity contribution is -0.244. The van der Waals surface area contributed by atoms with Gasteiger partial charge in [-0.15, -0.1) is 0 Å². The largest absolute Gasteiger partial charge is 0.369 e. The highest BCUT2D eigenvalue weighted by molar-refractivity contribution is 6.30. The van der Waals surface area contributed by atoms with Crippen LogP contribution in [0.1, 0.15) is 19.4 Å². The van der Waals surface area contributed by atoms with Gasteiger partial charge >= 0.3 is 0 Å². The Hall–Kier alpha value is -1.59. The van der Waals surface area contributed by atoms with Gasteiger partial charge in [-0.1, -0.05) is 41.9 Å². The number of anilines is 1. The molecule has 140 valence electrons. The number of ether oxygens (including phenoxy) is 1. The Labute approximate surface area is 160 Å². The number of halogens is 1. The SMILES string of the molecule is CC(OC(C)(O)Cc1ccccc1)N1CCN(c2ccc(Cl)cc2)CC1. The number of benzene rings is 2. The van der Waals surface area contributed by atoms with Crippen molar-refractivity contribution in [2.45, 2.75) is 32.3 Å². The molecule has 3 rings (SSSR count). The van der Waals surface area contributed by atoms with Crippen LogP contribution in [0.5, 0.6) is 0 Å². The Kier molecular flexibility index (Phi) is 6.20. The minimum absolute atomic E-state index is 0.138. The molecular weight excluding hydrogens is 348 g/mol. The van der Waals surface area contributed by atoms with E-state index in [-0.39, 0.29) is 6.23 Å². The van der Waals surface area contributed by atoms with Gasteiger partial charge in [0.2, 0.25) is 0 Å². The molecule has 2 aromatic rings. The van der Waals surface area contributed by atoms with Crippen molar-refractivity contribution >= 4 is 17.3 Å². The Morgan fingerprint density at radius 3 is 2.27 bits per heavy atom. The molecule has 1 aliphatic heterocycles. The average molecular weight is 375 g/mol. The number of piperazine rings is 1. The summed E-state index contributed by atoms with van der Waals surface area (Å²) in [6.07, 6.45) is 0.337. The lowest BCUT2D eigenvalue weighted by Gasteiger charge is -2.41. The smallest absolute Gasteiger partial charge is 0.168 e. The van der Waals surface area contributed by atoms with Gasteiger partial charge in [0.15, 0.2) is 5.79 Å². The fourth-order valence-corrected chi connectivity index (χ4v) is 3.58.